The highest BCUT2D eigenvalue weighted by Crippen LogP contribution is 2.25. The van der Waals surface area contributed by atoms with Crippen LogP contribution in [0.2, 0.25) is 0 Å². The Hall–Kier alpha value is -1.95. The maximum Gasteiger partial charge on any atom is 0.273 e. The summed E-state index contributed by atoms with van der Waals surface area (Å²) >= 11 is 0. The zero-order valence-corrected chi connectivity index (χ0v) is 11.4. The first kappa shape index (κ1) is 14.5. The summed E-state index contributed by atoms with van der Waals surface area (Å²) in [6, 6.07) is 6.10. The minimum Gasteiger partial charge on any atom is -0.394 e. The molecule has 108 valence electrons. The molecule has 2 atom stereocenters. The zero-order chi connectivity index (χ0) is 14.7. The molecule has 1 aliphatic rings. The molecule has 1 fully saturated rings. The second-order valence-corrected chi connectivity index (χ2v) is 5.17. The lowest BCUT2D eigenvalue weighted by atomic mass is 10.0. The Morgan fingerprint density at radius 2 is 2.20 bits per heavy atom. The summed E-state index contributed by atoms with van der Waals surface area (Å²) in [5.74, 6) is 0.0948. The van der Waals surface area contributed by atoms with Crippen molar-refractivity contribution >= 4 is 11.6 Å². The molecule has 1 N–H and O–H groups in total. The molecule has 0 aromatic heterocycles. The summed E-state index contributed by atoms with van der Waals surface area (Å²) in [4.78, 5) is 24.4. The zero-order valence-electron chi connectivity index (χ0n) is 11.4. The van der Waals surface area contributed by atoms with E-state index in [9.17, 15) is 20.0 Å². The molecular weight excluding hydrogens is 260 g/mol. The van der Waals surface area contributed by atoms with Gasteiger partial charge >= 0.3 is 0 Å². The van der Waals surface area contributed by atoms with Gasteiger partial charge in [-0.2, -0.15) is 0 Å². The Kier molecular flexibility index (Phi) is 4.34. The minimum atomic E-state index is -0.473. The Morgan fingerprint density at radius 1 is 1.50 bits per heavy atom. The Morgan fingerprint density at radius 3 is 2.85 bits per heavy atom. The van der Waals surface area contributed by atoms with Crippen LogP contribution in [0.25, 0.3) is 0 Å². The number of nitrogens with zero attached hydrogens (tertiary/aromatic N) is 2. The van der Waals surface area contributed by atoms with Crippen molar-refractivity contribution < 1.29 is 14.8 Å². The predicted molar refractivity (Wildman–Crippen MR) is 73.2 cm³/mol. The number of hydrogen-bond acceptors (Lipinski definition) is 4. The number of likely N-dealkylation sites (tertiary alicyclic amines) is 1. The highest BCUT2D eigenvalue weighted by molar-refractivity contribution is 5.80. The first-order valence-electron chi connectivity index (χ1n) is 6.67. The van der Waals surface area contributed by atoms with Gasteiger partial charge in [-0.3, -0.25) is 14.9 Å². The molecule has 0 radical (unpaired) electrons. The van der Waals surface area contributed by atoms with Crippen molar-refractivity contribution in [3.63, 3.8) is 0 Å². The van der Waals surface area contributed by atoms with Crippen molar-refractivity contribution in [3.8, 4) is 0 Å². The van der Waals surface area contributed by atoms with Crippen LogP contribution in [0.5, 0.6) is 0 Å². The number of rotatable bonds is 4. The van der Waals surface area contributed by atoms with E-state index in [-0.39, 0.29) is 36.6 Å². The molecule has 1 aliphatic heterocycles. The molecule has 0 bridgehead atoms. The van der Waals surface area contributed by atoms with Gasteiger partial charge in [-0.05, 0) is 12.3 Å². The van der Waals surface area contributed by atoms with Crippen molar-refractivity contribution in [2.24, 2.45) is 5.92 Å². The number of aliphatic hydroxyl groups is 1. The van der Waals surface area contributed by atoms with E-state index in [1.165, 1.54) is 6.07 Å². The minimum absolute atomic E-state index is 0.000370. The quantitative estimate of drug-likeness (QED) is 0.666. The van der Waals surface area contributed by atoms with Crippen molar-refractivity contribution in [2.45, 2.75) is 25.8 Å². The van der Waals surface area contributed by atoms with Gasteiger partial charge in [0.15, 0.2) is 0 Å². The van der Waals surface area contributed by atoms with E-state index in [0.717, 1.165) is 6.42 Å². The summed E-state index contributed by atoms with van der Waals surface area (Å²) < 4.78 is 0. The molecule has 1 heterocycles. The van der Waals surface area contributed by atoms with Crippen molar-refractivity contribution in [2.75, 3.05) is 13.2 Å². The molecule has 1 aromatic rings. The fraction of sp³-hybridized carbons (Fsp3) is 0.500. The van der Waals surface area contributed by atoms with Crippen LogP contribution in [0.15, 0.2) is 24.3 Å². The third kappa shape index (κ3) is 2.80. The molecule has 20 heavy (non-hydrogen) atoms. The third-order valence-corrected chi connectivity index (χ3v) is 3.92. The molecule has 6 heteroatoms. The second-order valence-electron chi connectivity index (χ2n) is 5.17. The lowest BCUT2D eigenvalue weighted by molar-refractivity contribution is -0.385. The van der Waals surface area contributed by atoms with Gasteiger partial charge in [-0.15, -0.1) is 0 Å². The van der Waals surface area contributed by atoms with Gasteiger partial charge in [0.05, 0.1) is 24.0 Å². The van der Waals surface area contributed by atoms with E-state index in [0.29, 0.717) is 12.1 Å². The number of carbonyl (C=O) groups is 1. The number of hydrogen-bond donors (Lipinski definition) is 1. The highest BCUT2D eigenvalue weighted by Gasteiger charge is 2.34. The largest absolute Gasteiger partial charge is 0.394 e. The van der Waals surface area contributed by atoms with Crippen LogP contribution in [0.4, 0.5) is 5.69 Å². The van der Waals surface area contributed by atoms with E-state index in [2.05, 4.69) is 0 Å². The van der Waals surface area contributed by atoms with Gasteiger partial charge < -0.3 is 10.0 Å². The first-order valence-corrected chi connectivity index (χ1v) is 6.67. The molecule has 2 rings (SSSR count). The van der Waals surface area contributed by atoms with E-state index >= 15 is 0 Å². The summed E-state index contributed by atoms with van der Waals surface area (Å²) in [6.45, 7) is 2.54. The van der Waals surface area contributed by atoms with E-state index in [4.69, 9.17) is 0 Å². The number of benzene rings is 1. The van der Waals surface area contributed by atoms with E-state index in [1.54, 1.807) is 23.1 Å². The fourth-order valence-electron chi connectivity index (χ4n) is 2.70. The number of para-hydroxylation sites is 1. The lowest BCUT2D eigenvalue weighted by Gasteiger charge is -2.25. The maximum absolute atomic E-state index is 12.3. The number of aliphatic hydroxyl groups excluding tert-OH is 1. The Labute approximate surface area is 117 Å². The number of nitro benzene ring substituents is 1. The molecule has 1 amide bonds. The molecule has 1 saturated heterocycles. The van der Waals surface area contributed by atoms with Gasteiger partial charge in [0.25, 0.3) is 5.69 Å². The van der Waals surface area contributed by atoms with E-state index < -0.39 is 4.92 Å². The second kappa shape index (κ2) is 6.00. The molecular formula is C14H18N2O4. The smallest absolute Gasteiger partial charge is 0.273 e. The lowest BCUT2D eigenvalue weighted by Crippen LogP contribution is -2.40. The van der Waals surface area contributed by atoms with Gasteiger partial charge in [0.1, 0.15) is 0 Å². The molecule has 0 spiro atoms. The first-order chi connectivity index (χ1) is 9.54. The topological polar surface area (TPSA) is 83.7 Å². The molecule has 2 unspecified atom stereocenters. The summed E-state index contributed by atoms with van der Waals surface area (Å²) in [7, 11) is 0. The van der Waals surface area contributed by atoms with Crippen LogP contribution in [0.3, 0.4) is 0 Å². The average Bonchev–Trinajstić information content (AvgIpc) is 2.80. The maximum atomic E-state index is 12.3. The normalized spacial score (nSPS) is 22.0. The van der Waals surface area contributed by atoms with Crippen LogP contribution < -0.4 is 0 Å². The van der Waals surface area contributed by atoms with Crippen LogP contribution in [-0.4, -0.2) is 40.0 Å². The molecule has 0 aliphatic carbocycles. The van der Waals surface area contributed by atoms with Crippen LogP contribution >= 0.6 is 0 Å². The molecule has 1 aromatic carbocycles. The Balaban J connectivity index is 2.14. The van der Waals surface area contributed by atoms with Gasteiger partial charge in [-0.25, -0.2) is 0 Å². The van der Waals surface area contributed by atoms with Gasteiger partial charge in [0.2, 0.25) is 5.91 Å². The monoisotopic (exact) mass is 278 g/mol. The fourth-order valence-corrected chi connectivity index (χ4v) is 2.70. The summed E-state index contributed by atoms with van der Waals surface area (Å²) in [6.07, 6.45) is 0.855. The summed E-state index contributed by atoms with van der Waals surface area (Å²) in [5.41, 5.74) is 0.382. The van der Waals surface area contributed by atoms with Gasteiger partial charge in [-0.1, -0.05) is 25.1 Å². The van der Waals surface area contributed by atoms with Crippen LogP contribution in [0.1, 0.15) is 18.9 Å². The van der Waals surface area contributed by atoms with Crippen LogP contribution in [0, 0.1) is 16.0 Å². The van der Waals surface area contributed by atoms with Crippen molar-refractivity contribution in [3.05, 3.63) is 39.9 Å². The summed E-state index contributed by atoms with van der Waals surface area (Å²) in [5, 5.41) is 20.3. The number of nitro groups is 1. The number of carbonyl (C=O) groups excluding carboxylic acids is 1. The van der Waals surface area contributed by atoms with E-state index in [1.807, 2.05) is 6.92 Å². The Bertz CT molecular complexity index is 518. The third-order valence-electron chi connectivity index (χ3n) is 3.92. The predicted octanol–water partition coefficient (Wildman–Crippen LogP) is 1.37. The van der Waals surface area contributed by atoms with Crippen molar-refractivity contribution in [1.82, 2.24) is 4.90 Å². The molecule has 6 nitrogen and oxygen atoms in total. The van der Waals surface area contributed by atoms with Crippen LogP contribution in [-0.2, 0) is 11.2 Å². The number of amides is 1. The van der Waals surface area contributed by atoms with Gasteiger partial charge in [0, 0.05) is 18.2 Å². The SMILES string of the molecule is CC1CCN(C(=O)Cc2ccccc2[N+](=O)[O-])C1CO. The molecule has 0 saturated carbocycles. The van der Waals surface area contributed by atoms with Crippen molar-refractivity contribution in [1.29, 1.82) is 0 Å². The highest BCUT2D eigenvalue weighted by atomic mass is 16.6. The standard InChI is InChI=1S/C14H18N2O4/c1-10-6-7-15(13(10)9-17)14(18)8-11-4-2-3-5-12(11)16(19)20/h2-5,10,13,17H,6-9H2,1H3. The average molecular weight is 278 g/mol.